The molecule has 1 heterocycles. The summed E-state index contributed by atoms with van der Waals surface area (Å²) >= 11 is 0. The first-order valence-corrected chi connectivity index (χ1v) is 6.90. The van der Waals surface area contributed by atoms with Gasteiger partial charge < -0.3 is 10.6 Å². The van der Waals surface area contributed by atoms with E-state index in [1.54, 1.807) is 6.07 Å². The number of nitrogen functional groups attached to an aromatic ring is 1. The van der Waals surface area contributed by atoms with Crippen molar-refractivity contribution in [2.45, 2.75) is 12.8 Å². The molecule has 3 heteroatoms. The summed E-state index contributed by atoms with van der Waals surface area (Å²) in [6.45, 7) is 1.88. The van der Waals surface area contributed by atoms with Crippen molar-refractivity contribution in [1.82, 2.24) is 0 Å². The summed E-state index contributed by atoms with van der Waals surface area (Å²) in [6, 6.07) is 16.4. The summed E-state index contributed by atoms with van der Waals surface area (Å²) in [5, 5.41) is 9.09. The molecular formula is C17H17N3. The molecule has 0 bridgehead atoms. The lowest BCUT2D eigenvalue weighted by Gasteiger charge is -2.24. The maximum atomic E-state index is 9.09. The molecule has 0 saturated heterocycles. The summed E-state index contributed by atoms with van der Waals surface area (Å²) in [5.74, 6) is 0. The second-order valence-electron chi connectivity index (χ2n) is 5.11. The Labute approximate surface area is 119 Å². The van der Waals surface area contributed by atoms with E-state index in [0.717, 1.165) is 31.6 Å². The minimum absolute atomic E-state index is 0.560. The van der Waals surface area contributed by atoms with Gasteiger partial charge in [-0.25, -0.2) is 0 Å². The number of para-hydroxylation sites is 1. The molecule has 1 aliphatic rings. The van der Waals surface area contributed by atoms with Gasteiger partial charge in [0.05, 0.1) is 16.9 Å². The van der Waals surface area contributed by atoms with Crippen molar-refractivity contribution in [2.24, 2.45) is 0 Å². The van der Waals surface area contributed by atoms with Gasteiger partial charge in [0.15, 0.2) is 0 Å². The van der Waals surface area contributed by atoms with Crippen molar-refractivity contribution >= 4 is 11.4 Å². The standard InChI is InChI=1S/C17H17N3/c18-12-15-6-3-7-16(17(15)19)20-10-8-13-4-1-2-5-14(13)9-11-20/h1-7H,8-11,19H2. The molecule has 0 atom stereocenters. The van der Waals surface area contributed by atoms with Gasteiger partial charge in [-0.3, -0.25) is 0 Å². The predicted molar refractivity (Wildman–Crippen MR) is 81.6 cm³/mol. The topological polar surface area (TPSA) is 53.0 Å². The third-order valence-corrected chi connectivity index (χ3v) is 3.96. The average Bonchev–Trinajstić information content (AvgIpc) is 2.70. The third kappa shape index (κ3) is 2.21. The molecular weight excluding hydrogens is 246 g/mol. The molecule has 0 spiro atoms. The maximum absolute atomic E-state index is 9.09. The highest BCUT2D eigenvalue weighted by molar-refractivity contribution is 5.74. The monoisotopic (exact) mass is 263 g/mol. The van der Waals surface area contributed by atoms with E-state index in [1.807, 2.05) is 12.1 Å². The Kier molecular flexibility index (Phi) is 3.30. The molecule has 0 radical (unpaired) electrons. The summed E-state index contributed by atoms with van der Waals surface area (Å²) in [4.78, 5) is 2.29. The summed E-state index contributed by atoms with van der Waals surface area (Å²) < 4.78 is 0. The number of nitrogens with two attached hydrogens (primary N) is 1. The van der Waals surface area contributed by atoms with Crippen LogP contribution in [0.3, 0.4) is 0 Å². The van der Waals surface area contributed by atoms with Gasteiger partial charge in [0, 0.05) is 13.1 Å². The van der Waals surface area contributed by atoms with Gasteiger partial charge in [0.1, 0.15) is 6.07 Å². The highest BCUT2D eigenvalue weighted by Gasteiger charge is 2.16. The van der Waals surface area contributed by atoms with Crippen LogP contribution in [0.2, 0.25) is 0 Å². The third-order valence-electron chi connectivity index (χ3n) is 3.96. The first-order valence-electron chi connectivity index (χ1n) is 6.90. The summed E-state index contributed by atoms with van der Waals surface area (Å²) in [7, 11) is 0. The fourth-order valence-corrected chi connectivity index (χ4v) is 2.84. The fourth-order valence-electron chi connectivity index (χ4n) is 2.84. The number of fused-ring (bicyclic) bond motifs is 1. The number of benzene rings is 2. The van der Waals surface area contributed by atoms with Crippen molar-refractivity contribution in [3.63, 3.8) is 0 Å². The van der Waals surface area contributed by atoms with E-state index in [4.69, 9.17) is 11.0 Å². The number of anilines is 2. The van der Waals surface area contributed by atoms with Gasteiger partial charge in [-0.2, -0.15) is 5.26 Å². The Morgan fingerprint density at radius 3 is 2.20 bits per heavy atom. The molecule has 2 aromatic rings. The van der Waals surface area contributed by atoms with Crippen LogP contribution in [0.5, 0.6) is 0 Å². The molecule has 0 aromatic heterocycles. The van der Waals surface area contributed by atoms with Crippen LogP contribution in [0.4, 0.5) is 11.4 Å². The van der Waals surface area contributed by atoms with Crippen LogP contribution in [0.25, 0.3) is 0 Å². The Balaban J connectivity index is 1.89. The molecule has 2 N–H and O–H groups in total. The maximum Gasteiger partial charge on any atom is 0.101 e. The SMILES string of the molecule is N#Cc1cccc(N2CCc3ccccc3CC2)c1N. The molecule has 0 aliphatic carbocycles. The van der Waals surface area contributed by atoms with Gasteiger partial charge in [0.2, 0.25) is 0 Å². The lowest BCUT2D eigenvalue weighted by molar-refractivity contribution is 0.807. The van der Waals surface area contributed by atoms with Crippen molar-refractivity contribution in [3.8, 4) is 6.07 Å². The second kappa shape index (κ2) is 5.26. The van der Waals surface area contributed by atoms with E-state index >= 15 is 0 Å². The highest BCUT2D eigenvalue weighted by atomic mass is 15.1. The van der Waals surface area contributed by atoms with Crippen molar-refractivity contribution in [3.05, 3.63) is 59.2 Å². The van der Waals surface area contributed by atoms with Crippen LogP contribution in [0.15, 0.2) is 42.5 Å². The Hall–Kier alpha value is -2.47. The molecule has 0 unspecified atom stereocenters. The van der Waals surface area contributed by atoms with Crippen molar-refractivity contribution in [1.29, 1.82) is 5.26 Å². The van der Waals surface area contributed by atoms with E-state index in [2.05, 4.69) is 35.2 Å². The highest BCUT2D eigenvalue weighted by Crippen LogP contribution is 2.28. The minimum atomic E-state index is 0.560. The molecule has 20 heavy (non-hydrogen) atoms. The first kappa shape index (κ1) is 12.6. The van der Waals surface area contributed by atoms with E-state index in [1.165, 1.54) is 11.1 Å². The number of nitrogens with zero attached hydrogens (tertiary/aromatic N) is 2. The average molecular weight is 263 g/mol. The van der Waals surface area contributed by atoms with Crippen LogP contribution >= 0.6 is 0 Å². The zero-order valence-corrected chi connectivity index (χ0v) is 11.3. The van der Waals surface area contributed by atoms with Crippen LogP contribution in [-0.2, 0) is 12.8 Å². The lowest BCUT2D eigenvalue weighted by Crippen LogP contribution is -2.27. The Morgan fingerprint density at radius 2 is 1.60 bits per heavy atom. The van der Waals surface area contributed by atoms with Gasteiger partial charge in [0.25, 0.3) is 0 Å². The molecule has 2 aromatic carbocycles. The van der Waals surface area contributed by atoms with Crippen molar-refractivity contribution < 1.29 is 0 Å². The van der Waals surface area contributed by atoms with Crippen molar-refractivity contribution in [2.75, 3.05) is 23.7 Å². The van der Waals surface area contributed by atoms with Gasteiger partial charge in [-0.05, 0) is 36.1 Å². The van der Waals surface area contributed by atoms with Crippen LogP contribution in [0.1, 0.15) is 16.7 Å². The number of hydrogen-bond acceptors (Lipinski definition) is 3. The minimum Gasteiger partial charge on any atom is -0.396 e. The van der Waals surface area contributed by atoms with E-state index in [-0.39, 0.29) is 0 Å². The van der Waals surface area contributed by atoms with E-state index in [0.29, 0.717) is 11.3 Å². The fraction of sp³-hybridized carbons (Fsp3) is 0.235. The normalized spacial score (nSPS) is 14.2. The second-order valence-corrected chi connectivity index (χ2v) is 5.11. The molecule has 100 valence electrons. The van der Waals surface area contributed by atoms with Crippen LogP contribution in [0, 0.1) is 11.3 Å². The predicted octanol–water partition coefficient (Wildman–Crippen LogP) is 2.75. The first-order chi connectivity index (χ1) is 9.79. The van der Waals surface area contributed by atoms with Crippen LogP contribution in [-0.4, -0.2) is 13.1 Å². The quantitative estimate of drug-likeness (QED) is 0.805. The Morgan fingerprint density at radius 1 is 0.950 bits per heavy atom. The largest absolute Gasteiger partial charge is 0.396 e. The number of nitriles is 1. The smallest absolute Gasteiger partial charge is 0.101 e. The zero-order valence-electron chi connectivity index (χ0n) is 11.3. The lowest BCUT2D eigenvalue weighted by atomic mass is 10.0. The molecule has 0 amide bonds. The number of hydrogen-bond donors (Lipinski definition) is 1. The summed E-state index contributed by atoms with van der Waals surface area (Å²) in [6.07, 6.45) is 2.04. The number of rotatable bonds is 1. The zero-order chi connectivity index (χ0) is 13.9. The van der Waals surface area contributed by atoms with E-state index < -0.39 is 0 Å². The molecule has 3 rings (SSSR count). The molecule has 3 nitrogen and oxygen atoms in total. The van der Waals surface area contributed by atoms with Crippen LogP contribution < -0.4 is 10.6 Å². The Bertz CT molecular complexity index is 643. The van der Waals surface area contributed by atoms with Gasteiger partial charge in [-0.15, -0.1) is 0 Å². The molecule has 0 fully saturated rings. The van der Waals surface area contributed by atoms with Gasteiger partial charge >= 0.3 is 0 Å². The van der Waals surface area contributed by atoms with E-state index in [9.17, 15) is 0 Å². The van der Waals surface area contributed by atoms with Gasteiger partial charge in [-0.1, -0.05) is 30.3 Å². The molecule has 0 saturated carbocycles. The molecule has 1 aliphatic heterocycles. The summed E-state index contributed by atoms with van der Waals surface area (Å²) in [5.41, 5.74) is 11.1.